The molecule has 0 unspecified atom stereocenters. The lowest BCUT2D eigenvalue weighted by molar-refractivity contribution is -0.114. The van der Waals surface area contributed by atoms with E-state index < -0.39 is 5.82 Å². The SMILES string of the molecule is Cc1ccc(C)c(NCC(=O)Nc2ccc(F)cc2Cl)c1. The molecule has 0 bridgehead atoms. The van der Waals surface area contributed by atoms with Crippen LogP contribution in [-0.2, 0) is 4.79 Å². The van der Waals surface area contributed by atoms with Gasteiger partial charge < -0.3 is 10.6 Å². The minimum atomic E-state index is -0.438. The second-order valence-electron chi connectivity index (χ2n) is 4.84. The molecule has 0 saturated heterocycles. The van der Waals surface area contributed by atoms with Gasteiger partial charge in [-0.2, -0.15) is 0 Å². The molecule has 3 nitrogen and oxygen atoms in total. The first-order valence-corrected chi connectivity index (χ1v) is 6.89. The molecule has 2 N–H and O–H groups in total. The van der Waals surface area contributed by atoms with Gasteiger partial charge in [0, 0.05) is 5.69 Å². The number of hydrogen-bond acceptors (Lipinski definition) is 2. The number of anilines is 2. The van der Waals surface area contributed by atoms with Crippen molar-refractivity contribution in [3.8, 4) is 0 Å². The fourth-order valence-corrected chi connectivity index (χ4v) is 2.10. The molecule has 0 radical (unpaired) electrons. The van der Waals surface area contributed by atoms with Crippen LogP contribution in [0.1, 0.15) is 11.1 Å². The molecule has 0 aliphatic carbocycles. The molecular formula is C16H16ClFN2O. The van der Waals surface area contributed by atoms with Crippen LogP contribution >= 0.6 is 11.6 Å². The van der Waals surface area contributed by atoms with Gasteiger partial charge in [-0.25, -0.2) is 4.39 Å². The Bertz CT molecular complexity index is 673. The highest BCUT2D eigenvalue weighted by Crippen LogP contribution is 2.22. The second-order valence-corrected chi connectivity index (χ2v) is 5.25. The fraction of sp³-hybridized carbons (Fsp3) is 0.188. The van der Waals surface area contributed by atoms with Crippen molar-refractivity contribution in [2.45, 2.75) is 13.8 Å². The Balaban J connectivity index is 1.97. The van der Waals surface area contributed by atoms with Gasteiger partial charge in [0.25, 0.3) is 0 Å². The molecule has 0 saturated carbocycles. The Hall–Kier alpha value is -2.07. The maximum Gasteiger partial charge on any atom is 0.243 e. The third kappa shape index (κ3) is 4.20. The summed E-state index contributed by atoms with van der Waals surface area (Å²) in [7, 11) is 0. The Labute approximate surface area is 128 Å². The van der Waals surface area contributed by atoms with Gasteiger partial charge in [0.05, 0.1) is 17.3 Å². The van der Waals surface area contributed by atoms with E-state index in [1.807, 2.05) is 32.0 Å². The van der Waals surface area contributed by atoms with Crippen molar-refractivity contribution in [2.24, 2.45) is 0 Å². The number of nitrogens with one attached hydrogen (secondary N) is 2. The second kappa shape index (κ2) is 6.59. The van der Waals surface area contributed by atoms with Crippen molar-refractivity contribution in [3.05, 3.63) is 58.4 Å². The van der Waals surface area contributed by atoms with Gasteiger partial charge in [-0.1, -0.05) is 23.7 Å². The van der Waals surface area contributed by atoms with Gasteiger partial charge in [-0.05, 0) is 49.2 Å². The number of carbonyl (C=O) groups excluding carboxylic acids is 1. The summed E-state index contributed by atoms with van der Waals surface area (Å²) in [6.45, 7) is 4.07. The maximum absolute atomic E-state index is 12.9. The molecule has 0 fully saturated rings. The molecule has 0 aromatic heterocycles. The molecule has 2 aromatic rings. The lowest BCUT2D eigenvalue weighted by atomic mass is 10.1. The van der Waals surface area contributed by atoms with Crippen LogP contribution in [0.2, 0.25) is 5.02 Å². The van der Waals surface area contributed by atoms with Gasteiger partial charge in [0.1, 0.15) is 5.82 Å². The topological polar surface area (TPSA) is 41.1 Å². The van der Waals surface area contributed by atoms with Crippen LogP contribution in [0.4, 0.5) is 15.8 Å². The molecular weight excluding hydrogens is 291 g/mol. The molecule has 1 amide bonds. The van der Waals surface area contributed by atoms with E-state index in [0.29, 0.717) is 5.69 Å². The van der Waals surface area contributed by atoms with Crippen molar-refractivity contribution in [1.29, 1.82) is 0 Å². The van der Waals surface area contributed by atoms with Gasteiger partial charge in [0.15, 0.2) is 0 Å². The van der Waals surface area contributed by atoms with Crippen molar-refractivity contribution in [3.63, 3.8) is 0 Å². The minimum Gasteiger partial charge on any atom is -0.376 e. The molecule has 0 atom stereocenters. The van der Waals surface area contributed by atoms with E-state index in [4.69, 9.17) is 11.6 Å². The smallest absolute Gasteiger partial charge is 0.243 e. The molecule has 0 spiro atoms. The highest BCUT2D eigenvalue weighted by atomic mass is 35.5. The van der Waals surface area contributed by atoms with Crippen LogP contribution in [0.5, 0.6) is 0 Å². The molecule has 0 aliphatic heterocycles. The Morgan fingerprint density at radius 2 is 1.90 bits per heavy atom. The van der Waals surface area contributed by atoms with Gasteiger partial charge in [0.2, 0.25) is 5.91 Å². The van der Waals surface area contributed by atoms with Crippen molar-refractivity contribution in [2.75, 3.05) is 17.2 Å². The van der Waals surface area contributed by atoms with E-state index in [-0.39, 0.29) is 17.5 Å². The van der Waals surface area contributed by atoms with Gasteiger partial charge >= 0.3 is 0 Å². The maximum atomic E-state index is 12.9. The summed E-state index contributed by atoms with van der Waals surface area (Å²) in [5, 5.41) is 5.89. The molecule has 0 heterocycles. The van der Waals surface area contributed by atoms with Gasteiger partial charge in [-0.3, -0.25) is 4.79 Å². The number of rotatable bonds is 4. The lowest BCUT2D eigenvalue weighted by Gasteiger charge is -2.11. The third-order valence-corrected chi connectivity index (χ3v) is 3.35. The number of hydrogen-bond donors (Lipinski definition) is 2. The number of carbonyl (C=O) groups is 1. The van der Waals surface area contributed by atoms with E-state index in [1.54, 1.807) is 0 Å². The first-order chi connectivity index (χ1) is 9.95. The Morgan fingerprint density at radius 1 is 1.14 bits per heavy atom. The molecule has 2 aromatic carbocycles. The normalized spacial score (nSPS) is 10.3. The quantitative estimate of drug-likeness (QED) is 0.891. The van der Waals surface area contributed by atoms with Crippen LogP contribution in [0.3, 0.4) is 0 Å². The summed E-state index contributed by atoms with van der Waals surface area (Å²) in [6, 6.07) is 9.83. The van der Waals surface area contributed by atoms with Crippen LogP contribution in [-0.4, -0.2) is 12.5 Å². The number of halogens is 2. The zero-order valence-corrected chi connectivity index (χ0v) is 12.6. The summed E-state index contributed by atoms with van der Waals surface area (Å²) < 4.78 is 12.9. The van der Waals surface area contributed by atoms with Crippen LogP contribution in [0.25, 0.3) is 0 Å². The summed E-state index contributed by atoms with van der Waals surface area (Å²) in [6.07, 6.45) is 0. The zero-order valence-electron chi connectivity index (χ0n) is 11.8. The lowest BCUT2D eigenvalue weighted by Crippen LogP contribution is -2.22. The van der Waals surface area contributed by atoms with Crippen molar-refractivity contribution < 1.29 is 9.18 Å². The monoisotopic (exact) mass is 306 g/mol. The fourth-order valence-electron chi connectivity index (χ4n) is 1.89. The van der Waals surface area contributed by atoms with Gasteiger partial charge in [-0.15, -0.1) is 0 Å². The van der Waals surface area contributed by atoms with E-state index in [9.17, 15) is 9.18 Å². The minimum absolute atomic E-state index is 0.109. The number of aryl methyl sites for hydroxylation is 2. The van der Waals surface area contributed by atoms with Crippen LogP contribution in [0.15, 0.2) is 36.4 Å². The molecule has 2 rings (SSSR count). The number of amides is 1. The molecule has 110 valence electrons. The predicted molar refractivity (Wildman–Crippen MR) is 84.4 cm³/mol. The first-order valence-electron chi connectivity index (χ1n) is 6.52. The number of benzene rings is 2. The largest absolute Gasteiger partial charge is 0.376 e. The molecule has 21 heavy (non-hydrogen) atoms. The summed E-state index contributed by atoms with van der Waals surface area (Å²) >= 11 is 5.86. The summed E-state index contributed by atoms with van der Waals surface area (Å²) in [4.78, 5) is 11.9. The Morgan fingerprint density at radius 3 is 2.62 bits per heavy atom. The predicted octanol–water partition coefficient (Wildman–Crippen LogP) is 4.15. The van der Waals surface area contributed by atoms with E-state index in [1.165, 1.54) is 12.1 Å². The standard InChI is InChI=1S/C16H16ClFN2O/c1-10-3-4-11(2)15(7-10)19-9-16(21)20-14-6-5-12(18)8-13(14)17/h3-8,19H,9H2,1-2H3,(H,20,21). The van der Waals surface area contributed by atoms with E-state index in [0.717, 1.165) is 22.9 Å². The average molecular weight is 307 g/mol. The first kappa shape index (κ1) is 15.3. The van der Waals surface area contributed by atoms with Crippen LogP contribution < -0.4 is 10.6 Å². The molecule has 5 heteroatoms. The average Bonchev–Trinajstić information content (AvgIpc) is 2.43. The van der Waals surface area contributed by atoms with E-state index in [2.05, 4.69) is 10.6 Å². The van der Waals surface area contributed by atoms with Crippen molar-refractivity contribution in [1.82, 2.24) is 0 Å². The zero-order chi connectivity index (χ0) is 15.4. The third-order valence-electron chi connectivity index (χ3n) is 3.04. The summed E-state index contributed by atoms with van der Waals surface area (Å²) in [5.41, 5.74) is 3.49. The highest BCUT2D eigenvalue weighted by molar-refractivity contribution is 6.33. The molecule has 0 aliphatic rings. The highest BCUT2D eigenvalue weighted by Gasteiger charge is 2.07. The summed E-state index contributed by atoms with van der Waals surface area (Å²) in [5.74, 6) is -0.684. The van der Waals surface area contributed by atoms with Crippen LogP contribution in [0, 0.1) is 19.7 Å². The van der Waals surface area contributed by atoms with Crippen molar-refractivity contribution >= 4 is 28.9 Å². The Kier molecular flexibility index (Phi) is 4.81. The van der Waals surface area contributed by atoms with E-state index >= 15 is 0 Å².